The summed E-state index contributed by atoms with van der Waals surface area (Å²) < 4.78 is 13.0. The Balaban J connectivity index is 2.26. The molecule has 0 amide bonds. The summed E-state index contributed by atoms with van der Waals surface area (Å²) in [6.07, 6.45) is 2.47. The first-order valence-electron chi connectivity index (χ1n) is 5.17. The molecule has 0 bridgehead atoms. The minimum atomic E-state index is -0.762. The fraction of sp³-hybridized carbons (Fsp3) is 0.417. The van der Waals surface area contributed by atoms with Crippen molar-refractivity contribution in [2.75, 3.05) is 0 Å². The third-order valence-corrected chi connectivity index (χ3v) is 3.11. The maximum absolute atomic E-state index is 13.0. The highest BCUT2D eigenvalue weighted by Gasteiger charge is 2.33. The van der Waals surface area contributed by atoms with Gasteiger partial charge in [-0.25, -0.2) is 4.39 Å². The van der Waals surface area contributed by atoms with E-state index in [1.807, 2.05) is 6.07 Å². The zero-order valence-electron chi connectivity index (χ0n) is 8.32. The lowest BCUT2D eigenvalue weighted by Crippen LogP contribution is -2.16. The van der Waals surface area contributed by atoms with Gasteiger partial charge in [0.15, 0.2) is 0 Å². The Morgan fingerprint density at radius 3 is 2.87 bits per heavy atom. The van der Waals surface area contributed by atoms with Crippen LogP contribution in [-0.4, -0.2) is 11.1 Å². The molecule has 0 saturated heterocycles. The monoisotopic (exact) mass is 208 g/mol. The van der Waals surface area contributed by atoms with E-state index in [0.29, 0.717) is 6.42 Å². The van der Waals surface area contributed by atoms with Gasteiger partial charge >= 0.3 is 5.97 Å². The highest BCUT2D eigenvalue weighted by Crippen LogP contribution is 2.39. The van der Waals surface area contributed by atoms with Crippen molar-refractivity contribution in [2.45, 2.75) is 25.2 Å². The molecule has 0 aliphatic heterocycles. The highest BCUT2D eigenvalue weighted by molar-refractivity contribution is 5.71. The fourth-order valence-corrected chi connectivity index (χ4v) is 2.39. The number of rotatable bonds is 2. The molecule has 1 fully saturated rings. The molecule has 0 aromatic heterocycles. The number of carbonyl (C=O) groups is 1. The number of carboxylic acids is 1. The van der Waals surface area contributed by atoms with Crippen molar-refractivity contribution >= 4 is 5.97 Å². The molecular weight excluding hydrogens is 195 g/mol. The average Bonchev–Trinajstić information content (AvgIpc) is 2.65. The smallest absolute Gasteiger partial charge is 0.307 e. The SMILES string of the molecule is O=C(O)[C@@H]1CCC[C@@H]1c1cccc(F)c1. The lowest BCUT2D eigenvalue weighted by Gasteiger charge is -2.15. The van der Waals surface area contributed by atoms with Gasteiger partial charge in [0, 0.05) is 0 Å². The van der Waals surface area contributed by atoms with Crippen molar-refractivity contribution < 1.29 is 14.3 Å². The first-order chi connectivity index (χ1) is 7.18. The van der Waals surface area contributed by atoms with Crippen molar-refractivity contribution in [3.8, 4) is 0 Å². The molecule has 1 N–H and O–H groups in total. The van der Waals surface area contributed by atoms with Crippen molar-refractivity contribution in [1.82, 2.24) is 0 Å². The number of hydrogen-bond acceptors (Lipinski definition) is 1. The molecule has 0 spiro atoms. The first-order valence-corrected chi connectivity index (χ1v) is 5.17. The summed E-state index contributed by atoms with van der Waals surface area (Å²) >= 11 is 0. The van der Waals surface area contributed by atoms with E-state index in [2.05, 4.69) is 0 Å². The van der Waals surface area contributed by atoms with Gasteiger partial charge in [0.1, 0.15) is 5.82 Å². The Morgan fingerprint density at radius 2 is 2.20 bits per heavy atom. The van der Waals surface area contributed by atoms with Crippen molar-refractivity contribution in [3.05, 3.63) is 35.6 Å². The van der Waals surface area contributed by atoms with Gasteiger partial charge in [-0.15, -0.1) is 0 Å². The van der Waals surface area contributed by atoms with E-state index in [-0.39, 0.29) is 17.7 Å². The third kappa shape index (κ3) is 2.01. The predicted octanol–water partition coefficient (Wildman–Crippen LogP) is 2.79. The summed E-state index contributed by atoms with van der Waals surface area (Å²) in [6.45, 7) is 0. The molecule has 1 saturated carbocycles. The second kappa shape index (κ2) is 4.01. The summed E-state index contributed by atoms with van der Waals surface area (Å²) in [5.74, 6) is -1.41. The standard InChI is InChI=1S/C12H13FO2/c13-9-4-1-3-8(7-9)10-5-2-6-11(10)12(14)15/h1,3-4,7,10-11H,2,5-6H2,(H,14,15)/t10-,11-/m1/s1. The molecule has 1 aromatic carbocycles. The van der Waals surface area contributed by atoms with E-state index < -0.39 is 5.97 Å². The van der Waals surface area contributed by atoms with E-state index in [0.717, 1.165) is 18.4 Å². The number of benzene rings is 1. The lowest BCUT2D eigenvalue weighted by molar-refractivity contribution is -0.142. The first kappa shape index (κ1) is 10.1. The summed E-state index contributed by atoms with van der Waals surface area (Å²) in [4.78, 5) is 11.0. The van der Waals surface area contributed by atoms with Crippen LogP contribution in [0.25, 0.3) is 0 Å². The van der Waals surface area contributed by atoms with Gasteiger partial charge < -0.3 is 5.11 Å². The lowest BCUT2D eigenvalue weighted by atomic mass is 9.89. The largest absolute Gasteiger partial charge is 0.481 e. The fourth-order valence-electron chi connectivity index (χ4n) is 2.39. The molecule has 80 valence electrons. The Bertz CT molecular complexity index is 376. The minimum absolute atomic E-state index is 0.0156. The number of halogens is 1. The zero-order chi connectivity index (χ0) is 10.8. The van der Waals surface area contributed by atoms with E-state index in [1.54, 1.807) is 6.07 Å². The van der Waals surface area contributed by atoms with E-state index in [9.17, 15) is 9.18 Å². The summed E-state index contributed by atoms with van der Waals surface area (Å²) in [6, 6.07) is 6.29. The van der Waals surface area contributed by atoms with Crippen LogP contribution in [0.3, 0.4) is 0 Å². The molecule has 0 radical (unpaired) electrons. The van der Waals surface area contributed by atoms with Gasteiger partial charge in [-0.2, -0.15) is 0 Å². The van der Waals surface area contributed by atoms with Crippen molar-refractivity contribution in [3.63, 3.8) is 0 Å². The maximum Gasteiger partial charge on any atom is 0.307 e. The van der Waals surface area contributed by atoms with E-state index in [1.165, 1.54) is 12.1 Å². The number of carboxylic acid groups (broad SMARTS) is 1. The molecule has 2 nitrogen and oxygen atoms in total. The summed E-state index contributed by atoms with van der Waals surface area (Å²) in [5.41, 5.74) is 0.819. The average molecular weight is 208 g/mol. The summed E-state index contributed by atoms with van der Waals surface area (Å²) in [5, 5.41) is 9.02. The van der Waals surface area contributed by atoms with Crippen LogP contribution in [0.15, 0.2) is 24.3 Å². The maximum atomic E-state index is 13.0. The molecule has 1 aliphatic carbocycles. The molecular formula is C12H13FO2. The van der Waals surface area contributed by atoms with Crippen LogP contribution >= 0.6 is 0 Å². The van der Waals surface area contributed by atoms with Crippen LogP contribution in [0.4, 0.5) is 4.39 Å². The second-order valence-electron chi connectivity index (χ2n) is 4.04. The Hall–Kier alpha value is -1.38. The number of aliphatic carboxylic acids is 1. The topological polar surface area (TPSA) is 37.3 Å². The van der Waals surface area contributed by atoms with Gasteiger partial charge in [0.2, 0.25) is 0 Å². The van der Waals surface area contributed by atoms with Gasteiger partial charge in [-0.05, 0) is 36.5 Å². The molecule has 15 heavy (non-hydrogen) atoms. The molecule has 0 unspecified atom stereocenters. The van der Waals surface area contributed by atoms with Gasteiger partial charge in [0.05, 0.1) is 5.92 Å². The normalized spacial score (nSPS) is 25.4. The molecule has 2 rings (SSSR count). The van der Waals surface area contributed by atoms with Crippen molar-refractivity contribution in [2.24, 2.45) is 5.92 Å². The predicted molar refractivity (Wildman–Crippen MR) is 54.1 cm³/mol. The van der Waals surface area contributed by atoms with Crippen LogP contribution < -0.4 is 0 Å². The second-order valence-corrected chi connectivity index (χ2v) is 4.04. The van der Waals surface area contributed by atoms with Gasteiger partial charge in [0.25, 0.3) is 0 Å². The highest BCUT2D eigenvalue weighted by atomic mass is 19.1. The molecule has 2 atom stereocenters. The molecule has 3 heteroatoms. The van der Waals surface area contributed by atoms with Crippen molar-refractivity contribution in [1.29, 1.82) is 0 Å². The van der Waals surface area contributed by atoms with Crippen LogP contribution in [0.1, 0.15) is 30.7 Å². The van der Waals surface area contributed by atoms with Gasteiger partial charge in [-0.1, -0.05) is 18.6 Å². The van der Waals surface area contributed by atoms with Gasteiger partial charge in [-0.3, -0.25) is 4.79 Å². The molecule has 1 aliphatic rings. The third-order valence-electron chi connectivity index (χ3n) is 3.11. The van der Waals surface area contributed by atoms with E-state index >= 15 is 0 Å². The Labute approximate surface area is 87.7 Å². The Kier molecular flexibility index (Phi) is 2.71. The summed E-state index contributed by atoms with van der Waals surface area (Å²) in [7, 11) is 0. The zero-order valence-corrected chi connectivity index (χ0v) is 8.32. The quantitative estimate of drug-likeness (QED) is 0.811. The van der Waals surface area contributed by atoms with E-state index in [4.69, 9.17) is 5.11 Å². The number of hydrogen-bond donors (Lipinski definition) is 1. The van der Waals surface area contributed by atoms with Crippen LogP contribution in [0, 0.1) is 11.7 Å². The molecule has 1 aromatic rings. The van der Waals surface area contributed by atoms with Crippen LogP contribution in [-0.2, 0) is 4.79 Å². The Morgan fingerprint density at radius 1 is 1.40 bits per heavy atom. The van der Waals surface area contributed by atoms with Crippen LogP contribution in [0.2, 0.25) is 0 Å². The molecule has 0 heterocycles. The van der Waals surface area contributed by atoms with Crippen LogP contribution in [0.5, 0.6) is 0 Å². The minimum Gasteiger partial charge on any atom is -0.481 e.